The average Bonchev–Trinajstić information content (AvgIpc) is 2.98. The van der Waals surface area contributed by atoms with Crippen molar-refractivity contribution >= 4 is 11.4 Å². The molecule has 198 valence electrons. The Balaban J connectivity index is 1.33. The molecule has 0 unspecified atom stereocenters. The van der Waals surface area contributed by atoms with Gasteiger partial charge in [-0.15, -0.1) is 0 Å². The largest absolute Gasteiger partial charge is 0.382 e. The molecule has 1 saturated carbocycles. The highest BCUT2D eigenvalue weighted by molar-refractivity contribution is 6.13. The van der Waals surface area contributed by atoms with Gasteiger partial charge >= 0.3 is 0 Å². The van der Waals surface area contributed by atoms with Crippen LogP contribution in [0.5, 0.6) is 0 Å². The highest BCUT2D eigenvalue weighted by atomic mass is 16.5. The summed E-state index contributed by atoms with van der Waals surface area (Å²) < 4.78 is 11.0. The molecule has 1 saturated heterocycles. The van der Waals surface area contributed by atoms with E-state index in [0.717, 1.165) is 48.0 Å². The van der Waals surface area contributed by atoms with Crippen molar-refractivity contribution in [2.75, 3.05) is 40.0 Å². The number of hydrogen-bond acceptors (Lipinski definition) is 4. The SMILES string of the molecule is COCCOCCN1CC[C@]23CCCC[C@H]2[C@H]1Cc1ccc(N=C(c2ccccc2)c2ccccc2)cc13. The van der Waals surface area contributed by atoms with E-state index in [2.05, 4.69) is 83.8 Å². The molecule has 3 aliphatic rings. The lowest BCUT2D eigenvalue weighted by Crippen LogP contribution is -2.61. The number of methoxy groups -OCH3 is 1. The third-order valence-electron chi connectivity index (χ3n) is 9.23. The number of rotatable bonds is 9. The lowest BCUT2D eigenvalue weighted by molar-refractivity contribution is -0.0274. The molecule has 4 nitrogen and oxygen atoms in total. The summed E-state index contributed by atoms with van der Waals surface area (Å²) in [7, 11) is 1.73. The van der Waals surface area contributed by atoms with Crippen molar-refractivity contribution in [1.82, 2.24) is 4.90 Å². The normalized spacial score (nSPS) is 24.3. The lowest BCUT2D eigenvalue weighted by Gasteiger charge is -2.59. The fraction of sp³-hybridized carbons (Fsp3) is 0.441. The molecule has 0 aromatic heterocycles. The van der Waals surface area contributed by atoms with Gasteiger partial charge in [0.25, 0.3) is 0 Å². The molecule has 1 aliphatic heterocycles. The Bertz CT molecular complexity index is 1200. The second kappa shape index (κ2) is 11.5. The van der Waals surface area contributed by atoms with E-state index >= 15 is 0 Å². The van der Waals surface area contributed by atoms with Gasteiger partial charge < -0.3 is 9.47 Å². The Morgan fingerprint density at radius 1 is 0.895 bits per heavy atom. The predicted octanol–water partition coefficient (Wildman–Crippen LogP) is 6.58. The number of likely N-dealkylation sites (tertiary alicyclic amines) is 1. The number of hydrogen-bond donors (Lipinski definition) is 0. The maximum atomic E-state index is 5.86. The second-order valence-electron chi connectivity index (χ2n) is 11.2. The summed E-state index contributed by atoms with van der Waals surface area (Å²) in [6.45, 7) is 4.34. The van der Waals surface area contributed by atoms with Crippen molar-refractivity contribution in [2.45, 2.75) is 50.0 Å². The monoisotopic (exact) mass is 508 g/mol. The number of fused-ring (bicyclic) bond motifs is 1. The summed E-state index contributed by atoms with van der Waals surface area (Å²) in [6, 6.07) is 28.9. The third kappa shape index (κ3) is 4.98. The number of benzene rings is 3. The summed E-state index contributed by atoms with van der Waals surface area (Å²) in [5, 5.41) is 0. The summed E-state index contributed by atoms with van der Waals surface area (Å²) in [5.41, 5.74) is 7.87. The molecule has 1 heterocycles. The summed E-state index contributed by atoms with van der Waals surface area (Å²) in [4.78, 5) is 8.04. The van der Waals surface area contributed by atoms with E-state index in [4.69, 9.17) is 14.5 Å². The van der Waals surface area contributed by atoms with Gasteiger partial charge in [-0.25, -0.2) is 4.99 Å². The van der Waals surface area contributed by atoms with E-state index in [9.17, 15) is 0 Å². The van der Waals surface area contributed by atoms with E-state index < -0.39 is 0 Å². The molecular formula is C34H40N2O2. The van der Waals surface area contributed by atoms with Crippen LogP contribution in [0.4, 0.5) is 5.69 Å². The van der Waals surface area contributed by atoms with Crippen molar-refractivity contribution in [1.29, 1.82) is 0 Å². The van der Waals surface area contributed by atoms with Gasteiger partial charge in [-0.05, 0) is 61.4 Å². The van der Waals surface area contributed by atoms with Crippen LogP contribution < -0.4 is 0 Å². The number of aliphatic imine (C=N–C) groups is 1. The molecule has 0 radical (unpaired) electrons. The molecule has 2 aliphatic carbocycles. The molecular weight excluding hydrogens is 468 g/mol. The molecule has 3 aromatic rings. The first-order chi connectivity index (χ1) is 18.8. The van der Waals surface area contributed by atoms with Gasteiger partial charge in [-0.1, -0.05) is 79.6 Å². The van der Waals surface area contributed by atoms with E-state index in [1.54, 1.807) is 12.7 Å². The van der Waals surface area contributed by atoms with Crippen molar-refractivity contribution in [3.8, 4) is 0 Å². The summed E-state index contributed by atoms with van der Waals surface area (Å²) in [6.07, 6.45) is 7.76. The summed E-state index contributed by atoms with van der Waals surface area (Å²) in [5.74, 6) is 0.735. The molecule has 3 aromatic carbocycles. The summed E-state index contributed by atoms with van der Waals surface area (Å²) >= 11 is 0. The van der Waals surface area contributed by atoms with E-state index in [0.29, 0.717) is 24.7 Å². The van der Waals surface area contributed by atoms with Gasteiger partial charge in [0, 0.05) is 36.2 Å². The maximum Gasteiger partial charge on any atom is 0.0781 e. The molecule has 6 rings (SSSR count). The van der Waals surface area contributed by atoms with E-state index in [1.807, 2.05) is 0 Å². The first-order valence-electron chi connectivity index (χ1n) is 14.4. The van der Waals surface area contributed by atoms with Gasteiger partial charge in [0.05, 0.1) is 31.2 Å². The van der Waals surface area contributed by atoms with E-state index in [1.165, 1.54) is 44.2 Å². The molecule has 0 spiro atoms. The highest BCUT2D eigenvalue weighted by Gasteiger charge is 2.53. The Hall–Kier alpha value is -2.79. The lowest BCUT2D eigenvalue weighted by atomic mass is 9.52. The van der Waals surface area contributed by atoms with Gasteiger partial charge in [-0.3, -0.25) is 4.90 Å². The van der Waals surface area contributed by atoms with Crippen LogP contribution in [0.25, 0.3) is 0 Å². The quantitative estimate of drug-likeness (QED) is 0.242. The van der Waals surface area contributed by atoms with Crippen LogP contribution in [-0.4, -0.2) is 56.7 Å². The highest BCUT2D eigenvalue weighted by Crippen LogP contribution is 2.56. The van der Waals surface area contributed by atoms with Crippen molar-refractivity contribution < 1.29 is 9.47 Å². The maximum absolute atomic E-state index is 5.86. The van der Waals surface area contributed by atoms with Crippen LogP contribution in [0.3, 0.4) is 0 Å². The minimum Gasteiger partial charge on any atom is -0.382 e. The zero-order valence-electron chi connectivity index (χ0n) is 22.6. The van der Waals surface area contributed by atoms with Crippen LogP contribution >= 0.6 is 0 Å². The second-order valence-corrected chi connectivity index (χ2v) is 11.2. The fourth-order valence-corrected chi connectivity index (χ4v) is 7.46. The topological polar surface area (TPSA) is 34.1 Å². The molecule has 2 fully saturated rings. The fourth-order valence-electron chi connectivity index (χ4n) is 7.46. The smallest absolute Gasteiger partial charge is 0.0781 e. The third-order valence-corrected chi connectivity index (χ3v) is 9.23. The van der Waals surface area contributed by atoms with Crippen LogP contribution in [0, 0.1) is 5.92 Å². The average molecular weight is 509 g/mol. The van der Waals surface area contributed by atoms with Crippen LogP contribution in [0.2, 0.25) is 0 Å². The Labute approximate surface area is 227 Å². The van der Waals surface area contributed by atoms with Crippen molar-refractivity contribution in [2.24, 2.45) is 10.9 Å². The van der Waals surface area contributed by atoms with Crippen molar-refractivity contribution in [3.05, 3.63) is 101 Å². The van der Waals surface area contributed by atoms with Gasteiger partial charge in [0.15, 0.2) is 0 Å². The first-order valence-corrected chi connectivity index (χ1v) is 14.4. The van der Waals surface area contributed by atoms with Crippen molar-refractivity contribution in [3.63, 3.8) is 0 Å². The van der Waals surface area contributed by atoms with Crippen LogP contribution in [0.15, 0.2) is 83.9 Å². The minimum atomic E-state index is 0.301. The molecule has 2 bridgehead atoms. The zero-order valence-corrected chi connectivity index (χ0v) is 22.6. The molecule has 0 N–H and O–H groups in total. The van der Waals surface area contributed by atoms with Gasteiger partial charge in [0.2, 0.25) is 0 Å². The Kier molecular flexibility index (Phi) is 7.73. The zero-order chi connectivity index (χ0) is 25.8. The van der Waals surface area contributed by atoms with Gasteiger partial charge in [-0.2, -0.15) is 0 Å². The predicted molar refractivity (Wildman–Crippen MR) is 155 cm³/mol. The molecule has 38 heavy (non-hydrogen) atoms. The Morgan fingerprint density at radius 3 is 2.39 bits per heavy atom. The minimum absolute atomic E-state index is 0.301. The molecule has 3 atom stereocenters. The Morgan fingerprint density at radius 2 is 1.66 bits per heavy atom. The molecule has 4 heteroatoms. The molecule has 0 amide bonds. The number of nitrogens with zero attached hydrogens (tertiary/aromatic N) is 2. The first kappa shape index (κ1) is 25.5. The standard InChI is InChI=1S/C34H40N2O2/c1-37-22-23-38-21-20-36-19-18-34-17-9-8-14-30(34)32(36)24-28-15-16-29(25-31(28)34)35-33(26-10-4-2-5-11-26)27-12-6-3-7-13-27/h2-7,10-13,15-16,25,30,32H,8-9,14,17-24H2,1H3/t30-,32+,34+/m0/s1. The van der Waals surface area contributed by atoms with Crippen LogP contribution in [0.1, 0.15) is 54.4 Å². The number of ether oxygens (including phenoxy) is 2. The number of piperidine rings is 1. The van der Waals surface area contributed by atoms with Gasteiger partial charge in [0.1, 0.15) is 0 Å². The van der Waals surface area contributed by atoms with E-state index in [-0.39, 0.29) is 0 Å². The van der Waals surface area contributed by atoms with Crippen LogP contribution in [-0.2, 0) is 21.3 Å².